The highest BCUT2D eigenvalue weighted by atomic mass is 32.2. The number of nitrogens with one attached hydrogen (secondary N) is 2. The number of amides is 1. The summed E-state index contributed by atoms with van der Waals surface area (Å²) in [4.78, 5) is 11.4. The van der Waals surface area contributed by atoms with E-state index in [1.165, 1.54) is 24.3 Å². The normalized spacial score (nSPS) is 17.2. The second-order valence-corrected chi connectivity index (χ2v) is 7.27. The summed E-state index contributed by atoms with van der Waals surface area (Å²) in [6, 6.07) is 0. The SMILES string of the molecule is CC(C)(C)OC(=O)NCCCNCC1CCSCC1. The lowest BCUT2D eigenvalue weighted by Crippen LogP contribution is -2.34. The molecule has 0 atom stereocenters. The van der Waals surface area contributed by atoms with Gasteiger partial charge in [0.15, 0.2) is 0 Å². The van der Waals surface area contributed by atoms with E-state index in [-0.39, 0.29) is 6.09 Å². The van der Waals surface area contributed by atoms with Crippen molar-refractivity contribution in [2.24, 2.45) is 5.92 Å². The van der Waals surface area contributed by atoms with Crippen LogP contribution in [0.15, 0.2) is 0 Å². The van der Waals surface area contributed by atoms with Crippen LogP contribution in [-0.2, 0) is 4.74 Å². The lowest BCUT2D eigenvalue weighted by molar-refractivity contribution is 0.0527. The van der Waals surface area contributed by atoms with Crippen LogP contribution in [0.25, 0.3) is 0 Å². The summed E-state index contributed by atoms with van der Waals surface area (Å²) in [5.74, 6) is 3.47. The molecule has 1 fully saturated rings. The molecule has 0 aliphatic carbocycles. The van der Waals surface area contributed by atoms with Crippen LogP contribution in [-0.4, -0.2) is 42.8 Å². The Labute approximate surface area is 121 Å². The van der Waals surface area contributed by atoms with Gasteiger partial charge in [0, 0.05) is 6.54 Å². The van der Waals surface area contributed by atoms with Gasteiger partial charge in [0.1, 0.15) is 5.60 Å². The van der Waals surface area contributed by atoms with E-state index in [0.29, 0.717) is 6.54 Å². The minimum Gasteiger partial charge on any atom is -0.444 e. The van der Waals surface area contributed by atoms with Crippen LogP contribution in [0.4, 0.5) is 4.79 Å². The molecule has 0 saturated carbocycles. The van der Waals surface area contributed by atoms with Crippen LogP contribution < -0.4 is 10.6 Å². The van der Waals surface area contributed by atoms with Gasteiger partial charge in [0.25, 0.3) is 0 Å². The van der Waals surface area contributed by atoms with Gasteiger partial charge in [-0.1, -0.05) is 0 Å². The lowest BCUT2D eigenvalue weighted by atomic mass is 10.0. The molecule has 1 rings (SSSR count). The highest BCUT2D eigenvalue weighted by Crippen LogP contribution is 2.21. The van der Waals surface area contributed by atoms with Gasteiger partial charge in [0.05, 0.1) is 0 Å². The molecule has 1 heterocycles. The van der Waals surface area contributed by atoms with E-state index in [1.807, 2.05) is 20.8 Å². The van der Waals surface area contributed by atoms with Gasteiger partial charge < -0.3 is 15.4 Å². The Morgan fingerprint density at radius 3 is 2.58 bits per heavy atom. The van der Waals surface area contributed by atoms with Gasteiger partial charge >= 0.3 is 6.09 Å². The quantitative estimate of drug-likeness (QED) is 0.738. The van der Waals surface area contributed by atoms with Gasteiger partial charge in [-0.2, -0.15) is 11.8 Å². The smallest absolute Gasteiger partial charge is 0.407 e. The first-order valence-electron chi connectivity index (χ1n) is 7.23. The molecule has 4 nitrogen and oxygen atoms in total. The molecule has 0 aromatic heterocycles. The van der Waals surface area contributed by atoms with Crippen molar-refractivity contribution in [2.75, 3.05) is 31.1 Å². The van der Waals surface area contributed by atoms with E-state index >= 15 is 0 Å². The van der Waals surface area contributed by atoms with Crippen molar-refractivity contribution in [2.45, 2.75) is 45.6 Å². The first-order valence-corrected chi connectivity index (χ1v) is 8.38. The topological polar surface area (TPSA) is 50.4 Å². The van der Waals surface area contributed by atoms with Crippen molar-refractivity contribution in [1.82, 2.24) is 10.6 Å². The molecule has 1 aliphatic heterocycles. The summed E-state index contributed by atoms with van der Waals surface area (Å²) < 4.78 is 5.17. The van der Waals surface area contributed by atoms with E-state index in [2.05, 4.69) is 22.4 Å². The van der Waals surface area contributed by atoms with Crippen molar-refractivity contribution in [3.63, 3.8) is 0 Å². The Hall–Kier alpha value is -0.420. The van der Waals surface area contributed by atoms with Gasteiger partial charge in [-0.15, -0.1) is 0 Å². The third-order valence-corrected chi connectivity index (χ3v) is 4.02. The summed E-state index contributed by atoms with van der Waals surface area (Å²) >= 11 is 2.06. The highest BCUT2D eigenvalue weighted by molar-refractivity contribution is 7.99. The highest BCUT2D eigenvalue weighted by Gasteiger charge is 2.15. The van der Waals surface area contributed by atoms with Gasteiger partial charge in [0.2, 0.25) is 0 Å². The van der Waals surface area contributed by atoms with E-state index in [4.69, 9.17) is 4.74 Å². The Kier molecular flexibility index (Phi) is 7.61. The van der Waals surface area contributed by atoms with Crippen LogP contribution >= 0.6 is 11.8 Å². The maximum Gasteiger partial charge on any atom is 0.407 e. The zero-order chi connectivity index (χ0) is 14.1. The average Bonchev–Trinajstić information content (AvgIpc) is 2.32. The number of carbonyl (C=O) groups excluding carboxylic acids is 1. The second-order valence-electron chi connectivity index (χ2n) is 6.04. The monoisotopic (exact) mass is 288 g/mol. The molecule has 0 radical (unpaired) electrons. The number of thioether (sulfide) groups is 1. The molecule has 112 valence electrons. The van der Waals surface area contributed by atoms with Gasteiger partial charge in [-0.05, 0) is 70.5 Å². The Morgan fingerprint density at radius 1 is 1.26 bits per heavy atom. The number of hydrogen-bond donors (Lipinski definition) is 2. The Balaban J connectivity index is 1.92. The van der Waals surface area contributed by atoms with E-state index < -0.39 is 5.60 Å². The standard InChI is InChI=1S/C14H28N2O2S/c1-14(2,3)18-13(17)16-8-4-7-15-11-12-5-9-19-10-6-12/h12,15H,4-11H2,1-3H3,(H,16,17). The lowest BCUT2D eigenvalue weighted by Gasteiger charge is -2.21. The fourth-order valence-electron chi connectivity index (χ4n) is 1.97. The molecule has 5 heteroatoms. The second kappa shape index (κ2) is 8.69. The van der Waals surface area contributed by atoms with E-state index in [9.17, 15) is 4.79 Å². The zero-order valence-electron chi connectivity index (χ0n) is 12.5. The minimum atomic E-state index is -0.415. The molecule has 1 aliphatic rings. The first-order chi connectivity index (χ1) is 8.97. The number of alkyl carbamates (subject to hydrolysis) is 1. The summed E-state index contributed by atoms with van der Waals surface area (Å²) in [6.45, 7) is 8.36. The number of rotatable bonds is 6. The zero-order valence-corrected chi connectivity index (χ0v) is 13.3. The fourth-order valence-corrected chi connectivity index (χ4v) is 3.18. The molecular weight excluding hydrogens is 260 g/mol. The minimum absolute atomic E-state index is 0.322. The first kappa shape index (κ1) is 16.6. The molecule has 0 unspecified atom stereocenters. The van der Waals surface area contributed by atoms with E-state index in [0.717, 1.165) is 25.4 Å². The van der Waals surface area contributed by atoms with Crippen molar-refractivity contribution in [1.29, 1.82) is 0 Å². The maximum absolute atomic E-state index is 11.4. The largest absolute Gasteiger partial charge is 0.444 e. The Morgan fingerprint density at radius 2 is 1.95 bits per heavy atom. The number of carbonyl (C=O) groups is 1. The molecule has 0 spiro atoms. The third-order valence-electron chi connectivity index (χ3n) is 2.97. The molecule has 0 aromatic rings. The molecule has 0 aromatic carbocycles. The summed E-state index contributed by atoms with van der Waals surface area (Å²) in [7, 11) is 0. The van der Waals surface area contributed by atoms with Crippen LogP contribution in [0, 0.1) is 5.92 Å². The molecule has 19 heavy (non-hydrogen) atoms. The van der Waals surface area contributed by atoms with Crippen LogP contribution in [0.3, 0.4) is 0 Å². The average molecular weight is 288 g/mol. The molecule has 2 N–H and O–H groups in total. The number of ether oxygens (including phenoxy) is 1. The molecule has 1 amide bonds. The van der Waals surface area contributed by atoms with Crippen molar-refractivity contribution in [3.8, 4) is 0 Å². The fraction of sp³-hybridized carbons (Fsp3) is 0.929. The summed E-state index contributed by atoms with van der Waals surface area (Å²) in [6.07, 6.45) is 3.30. The third kappa shape index (κ3) is 9.16. The predicted octanol–water partition coefficient (Wildman–Crippen LogP) is 2.63. The van der Waals surface area contributed by atoms with Crippen molar-refractivity contribution in [3.05, 3.63) is 0 Å². The molecular formula is C14H28N2O2S. The molecule has 0 bridgehead atoms. The van der Waals surface area contributed by atoms with E-state index in [1.54, 1.807) is 0 Å². The van der Waals surface area contributed by atoms with Crippen LogP contribution in [0.1, 0.15) is 40.0 Å². The van der Waals surface area contributed by atoms with Gasteiger partial charge in [-0.25, -0.2) is 4.79 Å². The maximum atomic E-state index is 11.4. The Bertz CT molecular complexity index is 261. The summed E-state index contributed by atoms with van der Waals surface area (Å²) in [5.41, 5.74) is -0.415. The van der Waals surface area contributed by atoms with Crippen LogP contribution in [0.2, 0.25) is 0 Å². The van der Waals surface area contributed by atoms with Crippen molar-refractivity contribution < 1.29 is 9.53 Å². The van der Waals surface area contributed by atoms with Crippen LogP contribution in [0.5, 0.6) is 0 Å². The van der Waals surface area contributed by atoms with Crippen molar-refractivity contribution >= 4 is 17.9 Å². The predicted molar refractivity (Wildman–Crippen MR) is 81.8 cm³/mol. The molecule has 1 saturated heterocycles. The summed E-state index contributed by atoms with van der Waals surface area (Å²) in [5, 5.41) is 6.25. The van der Waals surface area contributed by atoms with Gasteiger partial charge in [-0.3, -0.25) is 0 Å². The number of hydrogen-bond acceptors (Lipinski definition) is 4.